The van der Waals surface area contributed by atoms with E-state index in [4.69, 9.17) is 0 Å². The van der Waals surface area contributed by atoms with E-state index < -0.39 is 28.9 Å². The number of rotatable bonds is 7. The molecule has 0 saturated heterocycles. The van der Waals surface area contributed by atoms with Gasteiger partial charge in [-0.2, -0.15) is 13.2 Å². The largest absolute Gasteiger partial charge is 0.416 e. The first-order valence-electron chi connectivity index (χ1n) is 8.59. The van der Waals surface area contributed by atoms with Gasteiger partial charge in [0.25, 0.3) is 0 Å². The third-order valence-corrected chi connectivity index (χ3v) is 4.29. The maximum atomic E-state index is 14.1. The third-order valence-electron chi connectivity index (χ3n) is 4.29. The first kappa shape index (κ1) is 20.1. The summed E-state index contributed by atoms with van der Waals surface area (Å²) < 4.78 is 66.2. The van der Waals surface area contributed by atoms with Gasteiger partial charge in [-0.25, -0.2) is 8.78 Å². The zero-order valence-corrected chi connectivity index (χ0v) is 14.6. The fourth-order valence-electron chi connectivity index (χ4n) is 2.79. The highest BCUT2D eigenvalue weighted by Gasteiger charge is 2.36. The number of allylic oxidation sites excluding steroid dienone is 1. The standard InChI is InChI=1S/C21H21F5/c1-3-4-5-6-7-15-8-10-16(11-9-15)17-12-18(22)20(19(23)13-17)14(2)21(24,25)26/h8-13H,2-7H2,1H3. The Morgan fingerprint density at radius 1 is 0.885 bits per heavy atom. The van der Waals surface area contributed by atoms with E-state index in [1.54, 1.807) is 12.1 Å². The van der Waals surface area contributed by atoms with Crippen LogP contribution in [0.1, 0.15) is 43.7 Å². The van der Waals surface area contributed by atoms with Gasteiger partial charge < -0.3 is 0 Å². The molecule has 140 valence electrons. The highest BCUT2D eigenvalue weighted by molar-refractivity contribution is 5.72. The molecule has 0 unspecified atom stereocenters. The van der Waals surface area contributed by atoms with Crippen LogP contribution in [0.2, 0.25) is 0 Å². The molecule has 0 heterocycles. The van der Waals surface area contributed by atoms with Crippen LogP contribution >= 0.6 is 0 Å². The van der Waals surface area contributed by atoms with E-state index in [2.05, 4.69) is 13.5 Å². The van der Waals surface area contributed by atoms with Gasteiger partial charge in [0, 0.05) is 0 Å². The second kappa shape index (κ2) is 8.47. The quantitative estimate of drug-likeness (QED) is 0.354. The predicted molar refractivity (Wildman–Crippen MR) is 94.7 cm³/mol. The molecule has 0 bridgehead atoms. The van der Waals surface area contributed by atoms with E-state index >= 15 is 0 Å². The Labute approximate surface area is 150 Å². The lowest BCUT2D eigenvalue weighted by Crippen LogP contribution is -2.12. The number of halogens is 5. The molecule has 0 aliphatic heterocycles. The van der Waals surface area contributed by atoms with E-state index in [0.717, 1.165) is 43.4 Å². The summed E-state index contributed by atoms with van der Waals surface area (Å²) in [5, 5.41) is 0. The van der Waals surface area contributed by atoms with Gasteiger partial charge in [0.05, 0.1) is 11.1 Å². The van der Waals surface area contributed by atoms with E-state index in [1.165, 1.54) is 6.42 Å². The van der Waals surface area contributed by atoms with Crippen LogP contribution in [0, 0.1) is 11.6 Å². The lowest BCUT2D eigenvalue weighted by molar-refractivity contribution is -0.0690. The lowest BCUT2D eigenvalue weighted by Gasteiger charge is -2.13. The van der Waals surface area contributed by atoms with Gasteiger partial charge in [0.15, 0.2) is 0 Å². The Morgan fingerprint density at radius 3 is 1.96 bits per heavy atom. The van der Waals surface area contributed by atoms with Crippen molar-refractivity contribution in [2.24, 2.45) is 0 Å². The third kappa shape index (κ3) is 4.93. The van der Waals surface area contributed by atoms with Gasteiger partial charge in [-0.3, -0.25) is 0 Å². The summed E-state index contributed by atoms with van der Waals surface area (Å²) in [6.07, 6.45) is 0.610. The summed E-state index contributed by atoms with van der Waals surface area (Å²) in [6, 6.07) is 9.01. The summed E-state index contributed by atoms with van der Waals surface area (Å²) in [5.41, 5.74) is -0.802. The lowest BCUT2D eigenvalue weighted by atomic mass is 9.97. The molecule has 0 radical (unpaired) electrons. The molecule has 26 heavy (non-hydrogen) atoms. The number of benzene rings is 2. The molecule has 2 aromatic rings. The zero-order valence-electron chi connectivity index (χ0n) is 14.6. The molecule has 0 atom stereocenters. The van der Waals surface area contributed by atoms with Crippen molar-refractivity contribution in [2.75, 3.05) is 0 Å². The van der Waals surface area contributed by atoms with Gasteiger partial charge in [0.1, 0.15) is 11.6 Å². The molecule has 5 heteroatoms. The maximum Gasteiger partial charge on any atom is 0.416 e. The molecule has 2 aromatic carbocycles. The molecule has 0 nitrogen and oxygen atoms in total. The molecule has 0 aliphatic rings. The minimum Gasteiger partial charge on any atom is -0.206 e. The minimum absolute atomic E-state index is 0.191. The number of unbranched alkanes of at least 4 members (excludes halogenated alkanes) is 3. The van der Waals surface area contributed by atoms with Gasteiger partial charge in [-0.05, 0) is 41.7 Å². The van der Waals surface area contributed by atoms with Crippen molar-refractivity contribution in [3.8, 4) is 11.1 Å². The summed E-state index contributed by atoms with van der Waals surface area (Å²) >= 11 is 0. The molecule has 0 saturated carbocycles. The monoisotopic (exact) mass is 368 g/mol. The molecule has 2 rings (SSSR count). The maximum absolute atomic E-state index is 14.1. The average Bonchev–Trinajstić information content (AvgIpc) is 2.57. The highest BCUT2D eigenvalue weighted by Crippen LogP contribution is 2.36. The van der Waals surface area contributed by atoms with Crippen LogP contribution in [-0.2, 0) is 6.42 Å². The van der Waals surface area contributed by atoms with Crippen LogP contribution in [0.3, 0.4) is 0 Å². The summed E-state index contributed by atoms with van der Waals surface area (Å²) in [6.45, 7) is 4.91. The van der Waals surface area contributed by atoms with E-state index in [0.29, 0.717) is 5.56 Å². The normalized spacial score (nSPS) is 11.6. The molecule has 0 fully saturated rings. The van der Waals surface area contributed by atoms with Crippen molar-refractivity contribution in [1.82, 2.24) is 0 Å². The van der Waals surface area contributed by atoms with Crippen LogP contribution in [0.15, 0.2) is 43.0 Å². The fourth-order valence-corrected chi connectivity index (χ4v) is 2.79. The van der Waals surface area contributed by atoms with Gasteiger partial charge in [-0.15, -0.1) is 0 Å². The Balaban J connectivity index is 2.20. The smallest absolute Gasteiger partial charge is 0.206 e. The number of aryl methyl sites for hydroxylation is 1. The van der Waals surface area contributed by atoms with Crippen LogP contribution in [0.25, 0.3) is 16.7 Å². The molecule has 0 aromatic heterocycles. The fraction of sp³-hybridized carbons (Fsp3) is 0.333. The summed E-state index contributed by atoms with van der Waals surface area (Å²) in [5.74, 6) is -2.54. The van der Waals surface area contributed by atoms with Crippen molar-refractivity contribution >= 4 is 5.57 Å². The molecule has 0 N–H and O–H groups in total. The SMILES string of the molecule is C=C(c1c(F)cc(-c2ccc(CCCCCC)cc2)cc1F)C(F)(F)F. The zero-order chi connectivity index (χ0) is 19.3. The van der Waals surface area contributed by atoms with Gasteiger partial charge in [-0.1, -0.05) is 57.0 Å². The van der Waals surface area contributed by atoms with Crippen LogP contribution in [-0.4, -0.2) is 6.18 Å². The highest BCUT2D eigenvalue weighted by atomic mass is 19.4. The predicted octanol–water partition coefficient (Wildman–Crippen LogP) is 7.33. The van der Waals surface area contributed by atoms with Crippen molar-refractivity contribution in [3.63, 3.8) is 0 Å². The first-order chi connectivity index (χ1) is 12.2. The van der Waals surface area contributed by atoms with Gasteiger partial charge >= 0.3 is 6.18 Å². The molecule has 0 spiro atoms. The van der Waals surface area contributed by atoms with Crippen LogP contribution in [0.5, 0.6) is 0 Å². The Kier molecular flexibility index (Phi) is 6.57. The van der Waals surface area contributed by atoms with E-state index in [-0.39, 0.29) is 5.56 Å². The average molecular weight is 368 g/mol. The number of hydrogen-bond donors (Lipinski definition) is 0. The Hall–Kier alpha value is -2.17. The minimum atomic E-state index is -4.89. The van der Waals surface area contributed by atoms with Crippen molar-refractivity contribution in [2.45, 2.75) is 45.2 Å². The van der Waals surface area contributed by atoms with Crippen molar-refractivity contribution < 1.29 is 22.0 Å². The Bertz CT molecular complexity index is 734. The first-order valence-corrected chi connectivity index (χ1v) is 8.59. The summed E-state index contributed by atoms with van der Waals surface area (Å²) in [4.78, 5) is 0. The van der Waals surface area contributed by atoms with E-state index in [9.17, 15) is 22.0 Å². The van der Waals surface area contributed by atoms with Crippen molar-refractivity contribution in [3.05, 3.63) is 65.7 Å². The molecular weight excluding hydrogens is 347 g/mol. The van der Waals surface area contributed by atoms with Gasteiger partial charge in [0.2, 0.25) is 0 Å². The second-order valence-corrected chi connectivity index (χ2v) is 6.30. The number of alkyl halides is 3. The molecule has 0 amide bonds. The molecular formula is C21H21F5. The van der Waals surface area contributed by atoms with Crippen LogP contribution in [0.4, 0.5) is 22.0 Å². The Morgan fingerprint density at radius 2 is 1.46 bits per heavy atom. The van der Waals surface area contributed by atoms with E-state index in [1.807, 2.05) is 12.1 Å². The van der Waals surface area contributed by atoms with Crippen molar-refractivity contribution in [1.29, 1.82) is 0 Å². The number of hydrogen-bond acceptors (Lipinski definition) is 0. The topological polar surface area (TPSA) is 0 Å². The van der Waals surface area contributed by atoms with Crippen LogP contribution < -0.4 is 0 Å². The second-order valence-electron chi connectivity index (χ2n) is 6.30. The summed E-state index contributed by atoms with van der Waals surface area (Å²) in [7, 11) is 0. The molecule has 0 aliphatic carbocycles.